The van der Waals surface area contributed by atoms with Crippen molar-refractivity contribution in [2.75, 3.05) is 13.2 Å². The van der Waals surface area contributed by atoms with Crippen LogP contribution >= 0.6 is 23.2 Å². The number of nitrogens with two attached hydrogens (primary N) is 4. The molecule has 0 unspecified atom stereocenters. The van der Waals surface area contributed by atoms with Crippen LogP contribution in [0.2, 0.25) is 10.0 Å². The summed E-state index contributed by atoms with van der Waals surface area (Å²) in [6.07, 6.45) is 2.59. The number of benzene rings is 4. The maximum Gasteiger partial charge on any atom is 0.326 e. The zero-order valence-electron chi connectivity index (χ0n) is 35.0. The van der Waals surface area contributed by atoms with Crippen LogP contribution in [-0.4, -0.2) is 92.8 Å². The van der Waals surface area contributed by atoms with Gasteiger partial charge in [0, 0.05) is 33.3 Å². The number of amides is 2. The summed E-state index contributed by atoms with van der Waals surface area (Å²) in [6, 6.07) is 18.9. The van der Waals surface area contributed by atoms with Crippen molar-refractivity contribution in [3.8, 4) is 22.3 Å². The lowest BCUT2D eigenvalue weighted by molar-refractivity contribution is -0.145. The van der Waals surface area contributed by atoms with Crippen molar-refractivity contribution >= 4 is 47.0 Å². The molecule has 342 valence electrons. The summed E-state index contributed by atoms with van der Waals surface area (Å²) in [5.41, 5.74) is 27.0. The van der Waals surface area contributed by atoms with E-state index >= 15 is 0 Å². The molecule has 0 saturated carbocycles. The van der Waals surface area contributed by atoms with E-state index in [1.165, 1.54) is 30.3 Å². The molecular weight excluding hydrogens is 873 g/mol. The predicted molar refractivity (Wildman–Crippen MR) is 239 cm³/mol. The molecule has 1 heterocycles. The Morgan fingerprint density at radius 3 is 1.84 bits per heavy atom. The number of carboxylic acid groups (broad SMARTS) is 1. The number of ether oxygens (including phenoxy) is 1. The first kappa shape index (κ1) is 50.8. The number of rotatable bonds is 21. The molecule has 5 atom stereocenters. The number of esters is 1. The number of halogens is 4. The summed E-state index contributed by atoms with van der Waals surface area (Å²) in [6.45, 7) is 2.49. The normalized spacial score (nSPS) is 13.3. The van der Waals surface area contributed by atoms with Gasteiger partial charge in [-0.15, -0.1) is 10.2 Å². The smallest absolute Gasteiger partial charge is 0.326 e. The minimum absolute atomic E-state index is 0.162. The van der Waals surface area contributed by atoms with Crippen molar-refractivity contribution in [2.24, 2.45) is 22.9 Å². The van der Waals surface area contributed by atoms with E-state index < -0.39 is 53.7 Å². The van der Waals surface area contributed by atoms with Crippen molar-refractivity contribution in [1.82, 2.24) is 31.3 Å². The molecule has 2 amide bonds. The second kappa shape index (κ2) is 25.4. The standard InChI is InChI=1S/C25H30ClFN8O4.C19H22ClFN2O2/c26-16-8-9-19(27)18(12-16)15-6-4-14(5-7-15)11-17(30-24(37)22-32-34-35-33-22)13-21(25(38)39)31-23(36)20(29)3-1-2-10-28;1-2-25-19(24)18(23)11-15(22)9-12-3-5-13(6-4-12)16-10-14(20)7-8-17(16)21/h4-9,12,17,20-21H,1-3,10-11,13,28-29H2,(H,30,37)(H,31,36)(H,38,39)(H,32,33,34,35);3-8,10,15,18H,2,9,11,22-23H2,1H3/t17-,20+,21-;15-,18-/m11/s1. The van der Waals surface area contributed by atoms with Gasteiger partial charge in [-0.2, -0.15) is 5.21 Å². The van der Waals surface area contributed by atoms with E-state index in [1.54, 1.807) is 37.3 Å². The molecule has 0 saturated heterocycles. The molecule has 16 nitrogen and oxygen atoms in total. The number of nitrogens with one attached hydrogen (secondary N) is 3. The first-order valence-electron chi connectivity index (χ1n) is 20.4. The zero-order valence-corrected chi connectivity index (χ0v) is 36.5. The van der Waals surface area contributed by atoms with E-state index in [1.807, 2.05) is 24.3 Å². The van der Waals surface area contributed by atoms with Crippen LogP contribution in [0.4, 0.5) is 8.78 Å². The molecule has 5 aromatic rings. The Morgan fingerprint density at radius 1 is 0.781 bits per heavy atom. The Balaban J connectivity index is 0.000000309. The molecule has 64 heavy (non-hydrogen) atoms. The highest BCUT2D eigenvalue weighted by Crippen LogP contribution is 2.28. The maximum absolute atomic E-state index is 14.3. The lowest BCUT2D eigenvalue weighted by Gasteiger charge is -2.24. The van der Waals surface area contributed by atoms with Crippen molar-refractivity contribution < 1.29 is 37.8 Å². The number of carbonyl (C=O) groups excluding carboxylic acids is 3. The van der Waals surface area contributed by atoms with Crippen LogP contribution in [0, 0.1) is 11.6 Å². The third-order valence-corrected chi connectivity index (χ3v) is 10.3. The number of aromatic nitrogens is 4. The SMILES string of the molecule is CCOC(=O)[C@H](N)C[C@H](N)Cc1ccc(-c2cc(Cl)ccc2F)cc1.NCCCC[C@H](N)C(=O)N[C@H](C[C@@H](Cc1ccc(-c2cc(Cl)ccc2F)cc1)NC(=O)c1nn[nH]n1)C(=O)O. The van der Waals surface area contributed by atoms with Crippen LogP contribution in [0.3, 0.4) is 0 Å². The van der Waals surface area contributed by atoms with Gasteiger partial charge in [0.2, 0.25) is 5.91 Å². The molecule has 0 bridgehead atoms. The highest BCUT2D eigenvalue weighted by Gasteiger charge is 2.28. The van der Waals surface area contributed by atoms with E-state index in [4.69, 9.17) is 50.9 Å². The molecule has 0 aliphatic carbocycles. The van der Waals surface area contributed by atoms with E-state index in [0.29, 0.717) is 77.6 Å². The average Bonchev–Trinajstić information content (AvgIpc) is 3.82. The van der Waals surface area contributed by atoms with Gasteiger partial charge in [0.25, 0.3) is 11.7 Å². The summed E-state index contributed by atoms with van der Waals surface area (Å²) in [4.78, 5) is 48.7. The quantitative estimate of drug-likeness (QED) is 0.0366. The van der Waals surface area contributed by atoms with Crippen LogP contribution in [0.1, 0.15) is 60.8 Å². The van der Waals surface area contributed by atoms with Crippen molar-refractivity contribution in [3.63, 3.8) is 0 Å². The summed E-state index contributed by atoms with van der Waals surface area (Å²) in [7, 11) is 0. The Bertz CT molecular complexity index is 2290. The maximum atomic E-state index is 14.3. The second-order valence-electron chi connectivity index (χ2n) is 14.8. The number of unbranched alkanes of at least 4 members (excludes halogenated alkanes) is 1. The molecule has 0 aliphatic heterocycles. The van der Waals surface area contributed by atoms with Crippen LogP contribution in [0.25, 0.3) is 22.3 Å². The predicted octanol–water partition coefficient (Wildman–Crippen LogP) is 4.71. The molecule has 5 rings (SSSR count). The van der Waals surface area contributed by atoms with Gasteiger partial charge in [-0.1, -0.05) is 78.2 Å². The molecular formula is C44H52Cl2F2N10O6. The lowest BCUT2D eigenvalue weighted by Crippen LogP contribution is -2.51. The molecule has 20 heteroatoms. The molecule has 0 radical (unpaired) electrons. The first-order valence-corrected chi connectivity index (χ1v) is 21.1. The Hall–Kier alpha value is -5.89. The highest BCUT2D eigenvalue weighted by atomic mass is 35.5. The third-order valence-electron chi connectivity index (χ3n) is 9.84. The molecule has 1 aromatic heterocycles. The van der Waals surface area contributed by atoms with Gasteiger partial charge in [-0.3, -0.25) is 14.4 Å². The minimum Gasteiger partial charge on any atom is -0.480 e. The number of carboxylic acids is 1. The van der Waals surface area contributed by atoms with Crippen LogP contribution in [0.15, 0.2) is 84.9 Å². The molecule has 0 fully saturated rings. The molecule has 0 spiro atoms. The Kier molecular flexibility index (Phi) is 20.2. The van der Waals surface area contributed by atoms with Crippen molar-refractivity contribution in [1.29, 1.82) is 0 Å². The van der Waals surface area contributed by atoms with Crippen LogP contribution in [0.5, 0.6) is 0 Å². The van der Waals surface area contributed by atoms with Crippen LogP contribution in [-0.2, 0) is 32.0 Å². The molecule has 12 N–H and O–H groups in total. The third kappa shape index (κ3) is 16.0. The molecule has 4 aromatic carbocycles. The van der Waals surface area contributed by atoms with E-state index in [-0.39, 0.29) is 30.5 Å². The van der Waals surface area contributed by atoms with Gasteiger partial charge < -0.3 is 43.4 Å². The summed E-state index contributed by atoms with van der Waals surface area (Å²) >= 11 is 11.9. The molecule has 0 aliphatic rings. The number of aliphatic carboxylic acids is 1. The highest BCUT2D eigenvalue weighted by molar-refractivity contribution is 6.31. The Labute approximate surface area is 378 Å². The average molecular weight is 926 g/mol. The van der Waals surface area contributed by atoms with Gasteiger partial charge in [0.15, 0.2) is 0 Å². The van der Waals surface area contributed by atoms with Gasteiger partial charge >= 0.3 is 11.9 Å². The van der Waals surface area contributed by atoms with Crippen molar-refractivity contribution in [2.45, 2.75) is 82.1 Å². The number of hydrogen-bond donors (Lipinski definition) is 8. The van der Waals surface area contributed by atoms with Crippen molar-refractivity contribution in [3.05, 3.63) is 124 Å². The number of carbonyl (C=O) groups is 4. The van der Waals surface area contributed by atoms with Gasteiger partial charge in [-0.05, 0) is 116 Å². The fourth-order valence-corrected chi connectivity index (χ4v) is 6.89. The van der Waals surface area contributed by atoms with E-state index in [9.17, 15) is 33.1 Å². The zero-order chi connectivity index (χ0) is 46.8. The minimum atomic E-state index is -1.34. The number of H-pyrrole nitrogens is 1. The summed E-state index contributed by atoms with van der Waals surface area (Å²) < 4.78 is 33.1. The number of nitrogens with zero attached hydrogens (tertiary/aromatic N) is 3. The number of aromatic amines is 1. The second-order valence-corrected chi connectivity index (χ2v) is 15.7. The largest absolute Gasteiger partial charge is 0.480 e. The monoisotopic (exact) mass is 924 g/mol. The first-order chi connectivity index (χ1) is 30.6. The summed E-state index contributed by atoms with van der Waals surface area (Å²) in [5, 5.41) is 28.6. The van der Waals surface area contributed by atoms with Gasteiger partial charge in [0.05, 0.1) is 12.6 Å². The van der Waals surface area contributed by atoms with Crippen LogP contribution < -0.4 is 33.6 Å². The number of tetrazole rings is 1. The van der Waals surface area contributed by atoms with Gasteiger partial charge in [-0.25, -0.2) is 13.6 Å². The Morgan fingerprint density at radius 2 is 1.34 bits per heavy atom. The van der Waals surface area contributed by atoms with E-state index in [2.05, 4.69) is 31.3 Å². The van der Waals surface area contributed by atoms with Gasteiger partial charge in [0.1, 0.15) is 23.7 Å². The fourth-order valence-electron chi connectivity index (χ4n) is 6.55. The fraction of sp³-hybridized carbons (Fsp3) is 0.341. The summed E-state index contributed by atoms with van der Waals surface area (Å²) in [5.74, 6) is -4.01. The lowest BCUT2D eigenvalue weighted by atomic mass is 9.96. The number of hydrogen-bond acceptors (Lipinski definition) is 12. The topological polar surface area (TPSA) is 280 Å². The van der Waals surface area contributed by atoms with E-state index in [0.717, 1.165) is 11.1 Å².